The van der Waals surface area contributed by atoms with E-state index in [-0.39, 0.29) is 31.8 Å². The number of carbonyl (C=O) groups is 1. The van der Waals surface area contributed by atoms with Gasteiger partial charge >= 0.3 is 27.3 Å². The van der Waals surface area contributed by atoms with Gasteiger partial charge in [0.2, 0.25) is 0 Å². The molecule has 0 heterocycles. The van der Waals surface area contributed by atoms with E-state index in [1.807, 2.05) is 0 Å². The first-order valence-electron chi connectivity index (χ1n) is 1.35. The number of hydrogen-bond acceptors (Lipinski definition) is 2. The molecule has 0 fully saturated rings. The van der Waals surface area contributed by atoms with E-state index in [1.165, 1.54) is 4.99 Å². The van der Waals surface area contributed by atoms with Gasteiger partial charge in [0.1, 0.15) is 0 Å². The zero-order valence-electron chi connectivity index (χ0n) is 3.73. The molecule has 0 saturated carbocycles. The number of carboxylic acids is 1. The molecule has 0 aliphatic carbocycles. The van der Waals surface area contributed by atoms with Crippen LogP contribution in [-0.2, 0) is 4.79 Å². The molecular weight excluding hydrogens is 432 g/mol. The summed E-state index contributed by atoms with van der Waals surface area (Å²) in [6.07, 6.45) is 0. The van der Waals surface area contributed by atoms with Crippen molar-refractivity contribution in [2.75, 3.05) is 0 Å². The molecule has 0 radical (unpaired) electrons. The normalized spacial score (nSPS) is 10.0. The van der Waals surface area contributed by atoms with Crippen LogP contribution >= 0.6 is 31.9 Å². The molecule has 0 aromatic heterocycles. The first kappa shape index (κ1) is 11.8. The predicted octanol–water partition coefficient (Wildman–Crippen LogP) is -0.0133. The van der Waals surface area contributed by atoms with Crippen LogP contribution < -0.4 is 5.11 Å². The predicted molar refractivity (Wildman–Crippen MR) is 36.7 cm³/mol. The molecule has 8 heavy (non-hydrogen) atoms. The number of halogens is 2. The van der Waals surface area contributed by atoms with Crippen molar-refractivity contribution in [2.45, 2.75) is 0 Å². The molecule has 0 aromatic rings. The number of hydrogen-bond donors (Lipinski definition) is 0. The molecule has 5 heteroatoms. The number of carboxylic acid groups (broad SMARTS) is 1. The van der Waals surface area contributed by atoms with Gasteiger partial charge in [-0.25, -0.2) is 0 Å². The van der Waals surface area contributed by atoms with Gasteiger partial charge in [0.15, 0.2) is 0 Å². The van der Waals surface area contributed by atoms with Crippen LogP contribution in [0.25, 0.3) is 0 Å². The largest absolute Gasteiger partial charge is 1.00 e. The molecule has 2 nitrogen and oxygen atoms in total. The van der Waals surface area contributed by atoms with Gasteiger partial charge in [0.25, 0.3) is 0 Å². The summed E-state index contributed by atoms with van der Waals surface area (Å²) in [4.78, 5) is 10.9. The third-order valence-electron chi connectivity index (χ3n) is 0.291. The zero-order chi connectivity index (χ0) is 5.86. The van der Waals surface area contributed by atoms with Crippen molar-refractivity contribution in [3.05, 3.63) is 9.47 Å². The second-order valence-electron chi connectivity index (χ2n) is 0.745. The minimum Gasteiger partial charge on any atom is -0.544 e. The SMILES string of the molecule is O=C([O-])/C(Br)=C/Br.[Tl+]. The Labute approximate surface area is 83.8 Å². The van der Waals surface area contributed by atoms with Crippen LogP contribution in [0.3, 0.4) is 0 Å². The van der Waals surface area contributed by atoms with Crippen molar-refractivity contribution in [2.24, 2.45) is 0 Å². The van der Waals surface area contributed by atoms with Crippen LogP contribution in [0.4, 0.5) is 0 Å². The maximum atomic E-state index is 9.67. The summed E-state index contributed by atoms with van der Waals surface area (Å²) in [6.45, 7) is 0. The van der Waals surface area contributed by atoms with Crippen molar-refractivity contribution in [3.8, 4) is 0 Å². The molecule has 0 aliphatic heterocycles. The zero-order valence-corrected chi connectivity index (χ0v) is 11.4. The van der Waals surface area contributed by atoms with Crippen LogP contribution in [0, 0.1) is 0 Å². The Kier molecular flexibility index (Phi) is 9.20. The third-order valence-corrected chi connectivity index (χ3v) is 1.92. The average Bonchev–Trinajstić information content (AvgIpc) is 1.65. The smallest absolute Gasteiger partial charge is 0.544 e. The summed E-state index contributed by atoms with van der Waals surface area (Å²) in [5.74, 6) is -1.23. The summed E-state index contributed by atoms with van der Waals surface area (Å²) in [7, 11) is 0. The summed E-state index contributed by atoms with van der Waals surface area (Å²) >= 11 is 5.48. The maximum Gasteiger partial charge on any atom is 1.00 e. The number of carbonyl (C=O) groups excluding carboxylic acids is 1. The molecule has 0 rings (SSSR count). The Morgan fingerprint density at radius 2 is 2.00 bits per heavy atom. The first-order chi connectivity index (χ1) is 3.18. The van der Waals surface area contributed by atoms with Crippen molar-refractivity contribution in [3.63, 3.8) is 0 Å². The Morgan fingerprint density at radius 1 is 1.62 bits per heavy atom. The van der Waals surface area contributed by atoms with E-state index in [0.29, 0.717) is 0 Å². The summed E-state index contributed by atoms with van der Waals surface area (Å²) < 4.78 is 0.00694. The quantitative estimate of drug-likeness (QED) is 0.431. The molecule has 0 amide bonds. The molecule has 0 saturated heterocycles. The fourth-order valence-electron chi connectivity index (χ4n) is 0.0445. The van der Waals surface area contributed by atoms with E-state index in [2.05, 4.69) is 31.9 Å². The van der Waals surface area contributed by atoms with Crippen LogP contribution in [-0.4, -0.2) is 33.3 Å². The van der Waals surface area contributed by atoms with Crippen molar-refractivity contribution < 1.29 is 9.90 Å². The fraction of sp³-hybridized carbons (Fsp3) is 0. The minimum absolute atomic E-state index is 0. The van der Waals surface area contributed by atoms with Crippen LogP contribution in [0.1, 0.15) is 0 Å². The van der Waals surface area contributed by atoms with Crippen molar-refractivity contribution in [1.82, 2.24) is 0 Å². The second-order valence-corrected chi connectivity index (χ2v) is 2.06. The Morgan fingerprint density at radius 3 is 2.00 bits per heavy atom. The van der Waals surface area contributed by atoms with Gasteiger partial charge in [-0.2, -0.15) is 0 Å². The van der Waals surface area contributed by atoms with Crippen LogP contribution in [0.15, 0.2) is 9.47 Å². The van der Waals surface area contributed by atoms with Gasteiger partial charge in [-0.05, 0) is 20.9 Å². The summed E-state index contributed by atoms with van der Waals surface area (Å²) in [5.41, 5.74) is 0. The molecule has 0 bridgehead atoms. The molecular formula is C3HBr2O2Tl. The standard InChI is InChI=1S/C3H2Br2O2.Tl/c4-1-2(5)3(6)7;/h1H,(H,6,7);/q;+1/p-1/b2-1-;. The van der Waals surface area contributed by atoms with E-state index >= 15 is 0 Å². The van der Waals surface area contributed by atoms with Gasteiger partial charge in [-0.3, -0.25) is 0 Å². The number of aliphatic carboxylic acids is 1. The molecule has 0 N–H and O–H groups in total. The molecule has 0 unspecified atom stereocenters. The van der Waals surface area contributed by atoms with Gasteiger partial charge in [0.05, 0.1) is 5.97 Å². The fourth-order valence-corrected chi connectivity index (χ4v) is 0.231. The molecule has 0 aromatic carbocycles. The summed E-state index contributed by atoms with van der Waals surface area (Å²) in [5, 5.41) is 9.67. The topological polar surface area (TPSA) is 40.1 Å². The first-order valence-corrected chi connectivity index (χ1v) is 3.06. The average molecular weight is 433 g/mol. The minimum atomic E-state index is -1.23. The molecule has 0 spiro atoms. The van der Waals surface area contributed by atoms with E-state index in [1.54, 1.807) is 0 Å². The Balaban J connectivity index is 0. The van der Waals surface area contributed by atoms with Gasteiger partial charge in [-0.15, -0.1) is 0 Å². The van der Waals surface area contributed by atoms with E-state index in [4.69, 9.17) is 0 Å². The molecule has 0 atom stereocenters. The van der Waals surface area contributed by atoms with Gasteiger partial charge in [0, 0.05) is 4.48 Å². The maximum absolute atomic E-state index is 9.67. The van der Waals surface area contributed by atoms with Gasteiger partial charge < -0.3 is 9.90 Å². The molecule has 0 aliphatic rings. The monoisotopic (exact) mass is 432 g/mol. The third kappa shape index (κ3) is 5.23. The van der Waals surface area contributed by atoms with E-state index in [0.717, 1.165) is 0 Å². The summed E-state index contributed by atoms with van der Waals surface area (Å²) in [6, 6.07) is 0. The van der Waals surface area contributed by atoms with E-state index < -0.39 is 5.97 Å². The van der Waals surface area contributed by atoms with E-state index in [9.17, 15) is 9.90 Å². The Bertz CT molecular complexity index is 112. The molecule has 42 valence electrons. The van der Waals surface area contributed by atoms with Crippen LogP contribution in [0.5, 0.6) is 0 Å². The van der Waals surface area contributed by atoms with Crippen LogP contribution in [0.2, 0.25) is 0 Å². The second kappa shape index (κ2) is 6.22. The van der Waals surface area contributed by atoms with Crippen molar-refractivity contribution in [1.29, 1.82) is 0 Å². The number of rotatable bonds is 1. The van der Waals surface area contributed by atoms with Gasteiger partial charge in [-0.1, -0.05) is 15.9 Å². The Hall–Kier alpha value is 1.09. The van der Waals surface area contributed by atoms with Crippen molar-refractivity contribution >= 4 is 65.1 Å².